The average molecular weight is 707 g/mol. The van der Waals surface area contributed by atoms with E-state index >= 15 is 0 Å². The Kier molecular flexibility index (Phi) is 151. The predicted octanol–water partition coefficient (Wildman–Crippen LogP) is 2.26. The number of H-pyrrole nitrogens is 3. The van der Waals surface area contributed by atoms with Gasteiger partial charge in [0.05, 0.1) is 19.0 Å². The van der Waals surface area contributed by atoms with Gasteiger partial charge in [0.25, 0.3) is 0 Å². The molecule has 0 aliphatic heterocycles. The molecule has 0 saturated carbocycles. The summed E-state index contributed by atoms with van der Waals surface area (Å²) in [7, 11) is 1.00. The van der Waals surface area contributed by atoms with Crippen LogP contribution in [0.5, 0.6) is 0 Å². The summed E-state index contributed by atoms with van der Waals surface area (Å²) >= 11 is -0.500. The third-order valence-electron chi connectivity index (χ3n) is 2.81. The fourth-order valence-corrected chi connectivity index (χ4v) is 1.43. The van der Waals surface area contributed by atoms with Gasteiger partial charge in [-0.3, -0.25) is 52.6 Å². The van der Waals surface area contributed by atoms with Gasteiger partial charge in [-0.25, -0.2) is 15.0 Å². The van der Waals surface area contributed by atoms with E-state index in [1.165, 1.54) is 17.1 Å². The maximum atomic E-state index is 8.58. The van der Waals surface area contributed by atoms with Crippen LogP contribution in [0.4, 0.5) is 0 Å². The van der Waals surface area contributed by atoms with Crippen molar-refractivity contribution < 1.29 is 122 Å². The van der Waals surface area contributed by atoms with E-state index in [1.54, 1.807) is 19.0 Å². The second-order valence-electron chi connectivity index (χ2n) is 4.37. The van der Waals surface area contributed by atoms with Crippen molar-refractivity contribution in [2.45, 2.75) is 40.0 Å². The van der Waals surface area contributed by atoms with Gasteiger partial charge in [-0.15, -0.1) is 0 Å². The zero-order valence-corrected chi connectivity index (χ0v) is 26.6. The first-order chi connectivity index (χ1) is 18.7. The Hall–Kier alpha value is -1.50. The van der Waals surface area contributed by atoms with Gasteiger partial charge in [-0.05, 0) is 19.3 Å². The number of rotatable bonds is 3. The van der Waals surface area contributed by atoms with Crippen molar-refractivity contribution in [1.29, 1.82) is 0 Å². The summed E-state index contributed by atoms with van der Waals surface area (Å²) in [5, 5.41) is 67.0. The number of aliphatic hydroxyl groups excluding tert-OH is 1. The van der Waals surface area contributed by atoms with Crippen LogP contribution in [-0.2, 0) is 79.1 Å². The molecule has 23 heteroatoms. The molecule has 3 heterocycles. The van der Waals surface area contributed by atoms with Gasteiger partial charge in [-0.1, -0.05) is 20.8 Å². The van der Waals surface area contributed by atoms with Crippen molar-refractivity contribution in [3.05, 3.63) is 62.1 Å². The van der Waals surface area contributed by atoms with Crippen LogP contribution < -0.4 is 0 Å². The third-order valence-corrected chi connectivity index (χ3v) is 2.81. The molecule has 0 aromatic carbocycles. The van der Waals surface area contributed by atoms with Crippen LogP contribution in [0.3, 0.4) is 0 Å². The zero-order chi connectivity index (χ0) is 32.0. The molecule has 0 spiro atoms. The molecule has 0 atom stereocenters. The molecule has 240 valence electrons. The Balaban J connectivity index is -0.0000000328. The van der Waals surface area contributed by atoms with E-state index in [-0.39, 0.29) is 26.0 Å². The largest absolute Gasteiger partial charge is 0 e. The molecular formula is C17H42N6O14V3-. The van der Waals surface area contributed by atoms with Crippen LogP contribution in [0.15, 0.2) is 37.6 Å². The van der Waals surface area contributed by atoms with E-state index in [0.717, 1.165) is 43.7 Å². The van der Waals surface area contributed by atoms with Gasteiger partial charge in [0, 0.05) is 61.3 Å². The minimum Gasteiger partial charge on any atom is 0 e. The van der Waals surface area contributed by atoms with Gasteiger partial charge in [-0.2, -0.15) is 0 Å². The Labute approximate surface area is 259 Å². The maximum absolute atomic E-state index is 8.58. The van der Waals surface area contributed by atoms with E-state index in [1.807, 2.05) is 18.6 Å². The number of hydrogen-bond acceptors (Lipinski definition) is 16. The quantitative estimate of drug-likeness (QED) is 0.105. The van der Waals surface area contributed by atoms with Crippen LogP contribution >= 0.6 is 0 Å². The summed E-state index contributed by atoms with van der Waals surface area (Å²) in [5.74, 6) is 0. The maximum Gasteiger partial charge on any atom is 0 e. The van der Waals surface area contributed by atoms with Crippen molar-refractivity contribution in [3.8, 4) is 0 Å². The van der Waals surface area contributed by atoms with Gasteiger partial charge in [0.1, 0.15) is 0 Å². The van der Waals surface area contributed by atoms with Crippen LogP contribution in [0.1, 0.15) is 37.9 Å². The summed E-state index contributed by atoms with van der Waals surface area (Å²) in [4.78, 5) is 20.4. The van der Waals surface area contributed by atoms with E-state index in [0.29, 0.717) is 0 Å². The molecular weight excluding hydrogens is 665 g/mol. The number of aryl methyl sites for hydroxylation is 3. The summed E-state index contributed by atoms with van der Waals surface area (Å²) in [6, 6.07) is 0. The summed E-state index contributed by atoms with van der Waals surface area (Å²) in [6.07, 6.45) is 13.7. The monoisotopic (exact) mass is 707 g/mol. The Morgan fingerprint density at radius 3 is 0.825 bits per heavy atom. The van der Waals surface area contributed by atoms with Gasteiger partial charge >= 0.3 is 45.3 Å². The van der Waals surface area contributed by atoms with Gasteiger partial charge < -0.3 is 27.5 Å². The van der Waals surface area contributed by atoms with Crippen molar-refractivity contribution in [3.63, 3.8) is 0 Å². The predicted molar refractivity (Wildman–Crippen MR) is 128 cm³/mol. The second-order valence-corrected chi connectivity index (χ2v) is 4.63. The van der Waals surface area contributed by atoms with Crippen molar-refractivity contribution in [2.75, 3.05) is 7.11 Å². The molecule has 0 fully saturated rings. The molecule has 15 N–H and O–H groups in total. The first-order valence-electron chi connectivity index (χ1n) is 9.23. The molecule has 0 amide bonds. The van der Waals surface area contributed by atoms with Gasteiger partial charge in [0.2, 0.25) is 0 Å². The number of nitrogens with one attached hydrogen (secondary N) is 3. The Morgan fingerprint density at radius 2 is 0.775 bits per heavy atom. The molecule has 0 aliphatic carbocycles. The van der Waals surface area contributed by atoms with Gasteiger partial charge in [0.15, 0.2) is 0 Å². The first kappa shape index (κ1) is 66.7. The molecule has 3 rings (SSSR count). The van der Waals surface area contributed by atoms with E-state index in [9.17, 15) is 0 Å². The van der Waals surface area contributed by atoms with E-state index in [2.05, 4.69) is 50.7 Å². The Bertz CT molecular complexity index is 550. The summed E-state index contributed by atoms with van der Waals surface area (Å²) in [6.45, 7) is 6.27. The summed E-state index contributed by atoms with van der Waals surface area (Å²) < 4.78 is 23.9. The molecule has 3 aromatic rings. The number of hydrogen-bond donors (Lipinski definition) is 15. The van der Waals surface area contributed by atoms with Crippen LogP contribution in [0.25, 0.3) is 0 Å². The molecule has 3 aromatic heterocycles. The minimum atomic E-state index is -1.56. The van der Waals surface area contributed by atoms with Crippen molar-refractivity contribution >= 4 is 0 Å². The molecule has 20 nitrogen and oxygen atoms in total. The third kappa shape index (κ3) is 70.7. The molecule has 40 heavy (non-hydrogen) atoms. The zero-order valence-electron chi connectivity index (χ0n) is 22.5. The molecule has 0 aliphatic rings. The second kappa shape index (κ2) is 90.5. The number of nitrogens with zero attached hydrogens (tertiary/aromatic N) is 3. The molecule has 0 saturated heterocycles. The molecule has 0 unspecified atom stereocenters. The Morgan fingerprint density at radius 1 is 0.625 bits per heavy atom. The average Bonchev–Trinajstić information content (AvgIpc) is 3.86. The topological polar surface area (TPSA) is 363 Å². The standard InChI is InChI=1S/3C5H8N2.CH4O.CH3.5H2O2.H2O.2O.3V/c3*1-2-5-3-6-4-7-5;1-2;;5*1-2;;;;;;/h3*3-4H,2H2,1H3,(H,6,7);2H,1H3;1H3;5*1-2H;1H2;;;;;/q;;;;-1;;;;;;;;;;;+1/p-1. The van der Waals surface area contributed by atoms with E-state index in [4.69, 9.17) is 69.1 Å². The smallest absolute Gasteiger partial charge is 0 e. The molecule has 1 radical (unpaired) electrons. The number of aliphatic hydroxyl groups is 1. The number of imidazole rings is 3. The van der Waals surface area contributed by atoms with Crippen LogP contribution in [0.2, 0.25) is 0 Å². The van der Waals surface area contributed by atoms with Crippen molar-refractivity contribution in [1.82, 2.24) is 29.9 Å². The summed E-state index contributed by atoms with van der Waals surface area (Å²) in [5.41, 5.74) is 3.58. The fraction of sp³-hybridized carbons (Fsp3) is 0.412. The fourth-order valence-electron chi connectivity index (χ4n) is 1.43. The molecule has 0 bridgehead atoms. The van der Waals surface area contributed by atoms with Crippen LogP contribution in [-0.4, -0.2) is 98.7 Å². The minimum absolute atomic E-state index is 0. The number of aromatic amines is 3. The first-order valence-corrected chi connectivity index (χ1v) is 11.0. The number of aromatic nitrogens is 6. The normalized spacial score (nSPS) is 6.17. The van der Waals surface area contributed by atoms with Crippen LogP contribution in [0, 0.1) is 7.43 Å². The SMILES string of the molecule is CCc1cnc[nH]1.CCc1cnc[nH]1.CCc1cnc[nH]1.CO.OO.OO.OO.OO.OO.[CH3-].[O]=[V].[O]=[V][OH].[V]. The van der Waals surface area contributed by atoms with Crippen molar-refractivity contribution in [2.24, 2.45) is 0 Å². The van der Waals surface area contributed by atoms with E-state index < -0.39 is 16.6 Å².